The highest BCUT2D eigenvalue weighted by atomic mass is 32.2. The molecule has 6 rings (SSSR count). The third-order valence-electron chi connectivity index (χ3n) is 11.8. The Balaban J connectivity index is 0.000000244. The van der Waals surface area contributed by atoms with E-state index in [4.69, 9.17) is 25.2 Å². The summed E-state index contributed by atoms with van der Waals surface area (Å²) in [6, 6.07) is 25.6. The zero-order chi connectivity index (χ0) is 47.1. The molecule has 0 heterocycles. The van der Waals surface area contributed by atoms with Crippen LogP contribution in [0.2, 0.25) is 0 Å². The first-order chi connectivity index (χ1) is 31.2. The maximum Gasteiger partial charge on any atom is 0.310 e. The smallest absolute Gasteiger partial charge is 0.310 e. The van der Waals surface area contributed by atoms with Gasteiger partial charge in [-0.05, 0) is 115 Å². The number of sulfonamides is 1. The highest BCUT2D eigenvalue weighted by Gasteiger charge is 2.27. The summed E-state index contributed by atoms with van der Waals surface area (Å²) in [6.07, 6.45) is 6.59. The molecule has 0 aromatic heterocycles. The molecular weight excluding hydrogens is 843 g/mol. The Morgan fingerprint density at radius 3 is 1.94 bits per heavy atom. The van der Waals surface area contributed by atoms with Crippen LogP contribution < -0.4 is 31.3 Å². The fourth-order valence-corrected chi connectivity index (χ4v) is 9.30. The van der Waals surface area contributed by atoms with Crippen molar-refractivity contribution in [1.29, 1.82) is 5.26 Å². The van der Waals surface area contributed by atoms with Crippen LogP contribution in [0.25, 0.3) is 0 Å². The summed E-state index contributed by atoms with van der Waals surface area (Å²) in [5.41, 5.74) is 17.6. The van der Waals surface area contributed by atoms with Crippen molar-refractivity contribution in [1.82, 2.24) is 4.72 Å². The minimum Gasteiger partial charge on any atom is -0.465 e. The number of benzene rings is 4. The molecule has 0 saturated carbocycles. The minimum absolute atomic E-state index is 0.000477. The molecule has 350 valence electrons. The van der Waals surface area contributed by atoms with E-state index >= 15 is 0 Å². The highest BCUT2D eigenvalue weighted by molar-refractivity contribution is 7.89. The van der Waals surface area contributed by atoms with Crippen molar-refractivity contribution in [3.63, 3.8) is 0 Å². The van der Waals surface area contributed by atoms with Crippen LogP contribution in [-0.4, -0.2) is 75.5 Å². The van der Waals surface area contributed by atoms with Gasteiger partial charge in [-0.1, -0.05) is 50.2 Å². The SMILES string of the molecule is CNS(=O)(=O)c1cccc(NC2CCCc3c2ccc(CC(=O)OCC(C)COC)c3N)c1.CNc1cccc(NC2CCCc3c2ccc(CC(=O)OCC(C)CC#N)c3N(C)C)c1. The van der Waals surface area contributed by atoms with E-state index in [1.807, 2.05) is 53.2 Å². The molecule has 14 nitrogen and oxygen atoms in total. The lowest BCUT2D eigenvalue weighted by Gasteiger charge is -2.32. The van der Waals surface area contributed by atoms with Gasteiger partial charge >= 0.3 is 11.9 Å². The number of nitrogens with zero attached hydrogens (tertiary/aromatic N) is 2. The molecule has 2 aliphatic rings. The van der Waals surface area contributed by atoms with Crippen molar-refractivity contribution in [2.75, 3.05) is 81.7 Å². The Morgan fingerprint density at radius 2 is 1.34 bits per heavy atom. The normalized spacial score (nSPS) is 16.2. The van der Waals surface area contributed by atoms with Crippen molar-refractivity contribution in [2.24, 2.45) is 11.8 Å². The molecule has 0 amide bonds. The van der Waals surface area contributed by atoms with Crippen molar-refractivity contribution in [3.8, 4) is 6.07 Å². The van der Waals surface area contributed by atoms with Crippen molar-refractivity contribution in [3.05, 3.63) is 106 Å². The summed E-state index contributed by atoms with van der Waals surface area (Å²) < 4.78 is 42.5. The Kier molecular flexibility index (Phi) is 18.5. The summed E-state index contributed by atoms with van der Waals surface area (Å²) in [5, 5.41) is 19.1. The van der Waals surface area contributed by atoms with E-state index in [1.165, 1.54) is 18.2 Å². The van der Waals surface area contributed by atoms with Crippen molar-refractivity contribution in [2.45, 2.75) is 88.6 Å². The second-order valence-corrected chi connectivity index (χ2v) is 19.1. The molecule has 0 radical (unpaired) electrons. The van der Waals surface area contributed by atoms with E-state index in [0.717, 1.165) is 83.5 Å². The zero-order valence-electron chi connectivity index (χ0n) is 39.0. The van der Waals surface area contributed by atoms with Crippen LogP contribution in [0.15, 0.2) is 77.7 Å². The van der Waals surface area contributed by atoms with Gasteiger partial charge in [-0.15, -0.1) is 0 Å². The summed E-state index contributed by atoms with van der Waals surface area (Å²) in [7, 11) is 5.49. The first-order valence-corrected chi connectivity index (χ1v) is 23.9. The van der Waals surface area contributed by atoms with Gasteiger partial charge in [-0.25, -0.2) is 13.1 Å². The van der Waals surface area contributed by atoms with Crippen LogP contribution in [0.1, 0.15) is 91.4 Å². The number of hydrogen-bond acceptors (Lipinski definition) is 13. The molecule has 4 atom stereocenters. The van der Waals surface area contributed by atoms with Gasteiger partial charge in [0, 0.05) is 74.9 Å². The Labute approximate surface area is 385 Å². The highest BCUT2D eigenvalue weighted by Crippen LogP contribution is 2.40. The standard InChI is InChI=1S/C26H34N4O2.C24H33N3O5S/c1-18(13-14-27)17-32-25(31)15-19-11-12-22-23(26(19)30(3)4)9-6-10-24(22)29-21-8-5-7-20(16-21)28-2;1-16(14-31-3)15-32-23(28)12-17-10-11-20-21(24(17)25)8-5-9-22(20)27-18-6-4-7-19(13-18)33(29,30)26-2/h5,7-8,11-12,16,18,24,28-29H,6,9-10,13,15,17H2,1-4H3;4,6-7,10-11,13,16,22,26-27H,5,8-9,12,14-15,25H2,1-3H3. The van der Waals surface area contributed by atoms with Gasteiger partial charge in [-0.3, -0.25) is 9.59 Å². The van der Waals surface area contributed by atoms with Crippen LogP contribution >= 0.6 is 0 Å². The predicted octanol–water partition coefficient (Wildman–Crippen LogP) is 7.95. The monoisotopic (exact) mass is 909 g/mol. The summed E-state index contributed by atoms with van der Waals surface area (Å²) in [6.45, 7) is 5.01. The van der Waals surface area contributed by atoms with Crippen LogP contribution in [0, 0.1) is 23.2 Å². The number of nitriles is 1. The summed E-state index contributed by atoms with van der Waals surface area (Å²) in [4.78, 5) is 27.1. The third kappa shape index (κ3) is 13.8. The largest absolute Gasteiger partial charge is 0.465 e. The number of nitrogen functional groups attached to an aromatic ring is 1. The molecule has 0 bridgehead atoms. The maximum absolute atomic E-state index is 12.5. The predicted molar refractivity (Wildman–Crippen MR) is 259 cm³/mol. The molecule has 4 unspecified atom stereocenters. The number of methoxy groups -OCH3 is 1. The second kappa shape index (κ2) is 23.9. The van der Waals surface area contributed by atoms with Gasteiger partial charge in [0.2, 0.25) is 10.0 Å². The van der Waals surface area contributed by atoms with Crippen molar-refractivity contribution < 1.29 is 32.2 Å². The summed E-state index contributed by atoms with van der Waals surface area (Å²) >= 11 is 0. The topological polar surface area (TPSA) is 197 Å². The molecule has 2 aliphatic carbocycles. The van der Waals surface area contributed by atoms with E-state index in [2.05, 4.69) is 68.0 Å². The quantitative estimate of drug-likeness (QED) is 0.0449. The van der Waals surface area contributed by atoms with E-state index in [-0.39, 0.29) is 60.2 Å². The first-order valence-electron chi connectivity index (χ1n) is 22.4. The maximum atomic E-state index is 12.5. The number of carbonyl (C=O) groups excluding carboxylic acids is 2. The number of fused-ring (bicyclic) bond motifs is 2. The number of nitrogens with one attached hydrogen (secondary N) is 4. The zero-order valence-corrected chi connectivity index (χ0v) is 39.8. The van der Waals surface area contributed by atoms with E-state index < -0.39 is 10.0 Å². The average molecular weight is 910 g/mol. The average Bonchev–Trinajstić information content (AvgIpc) is 3.29. The van der Waals surface area contributed by atoms with Crippen molar-refractivity contribution >= 4 is 50.4 Å². The van der Waals surface area contributed by atoms with Gasteiger partial charge < -0.3 is 40.8 Å². The van der Waals surface area contributed by atoms with E-state index in [0.29, 0.717) is 25.3 Å². The molecule has 0 saturated heterocycles. The minimum atomic E-state index is -3.52. The lowest BCUT2D eigenvalue weighted by molar-refractivity contribution is -0.145. The number of anilines is 5. The molecule has 6 N–H and O–H groups in total. The number of hydrogen-bond donors (Lipinski definition) is 5. The number of carbonyl (C=O) groups is 2. The Hall–Kier alpha value is -5.82. The van der Waals surface area contributed by atoms with Gasteiger partial charge in [0.15, 0.2) is 0 Å². The Morgan fingerprint density at radius 1 is 0.785 bits per heavy atom. The van der Waals surface area contributed by atoms with Crippen LogP contribution in [0.3, 0.4) is 0 Å². The molecular formula is C50H67N7O7S. The number of nitrogens with two attached hydrogens (primary N) is 1. The van der Waals surface area contributed by atoms with Gasteiger partial charge in [0.25, 0.3) is 0 Å². The molecule has 65 heavy (non-hydrogen) atoms. The molecule has 15 heteroatoms. The Bertz CT molecular complexity index is 2400. The van der Waals surface area contributed by atoms with Crippen LogP contribution in [0.4, 0.5) is 28.4 Å². The summed E-state index contributed by atoms with van der Waals surface area (Å²) in [5.74, 6) is -0.368. The van der Waals surface area contributed by atoms with Gasteiger partial charge in [0.1, 0.15) is 0 Å². The fraction of sp³-hybridized carbons (Fsp3) is 0.460. The van der Waals surface area contributed by atoms with Gasteiger partial charge in [-0.2, -0.15) is 5.26 Å². The van der Waals surface area contributed by atoms with Crippen LogP contribution in [0.5, 0.6) is 0 Å². The fourth-order valence-electron chi connectivity index (χ4n) is 8.52. The first kappa shape index (κ1) is 50.2. The van der Waals surface area contributed by atoms with Crippen LogP contribution in [-0.2, 0) is 59.5 Å². The number of esters is 2. The number of ether oxygens (including phenoxy) is 3. The molecule has 4 aromatic carbocycles. The van der Waals surface area contributed by atoms with Gasteiger partial charge in [0.05, 0.1) is 55.7 Å². The molecule has 0 aliphatic heterocycles. The second-order valence-electron chi connectivity index (χ2n) is 17.2. The molecule has 0 spiro atoms. The van der Waals surface area contributed by atoms with E-state index in [9.17, 15) is 18.0 Å². The lowest BCUT2D eigenvalue weighted by atomic mass is 9.84. The number of rotatable bonds is 19. The molecule has 0 fully saturated rings. The molecule has 4 aromatic rings. The lowest BCUT2D eigenvalue weighted by Crippen LogP contribution is -2.23. The van der Waals surface area contributed by atoms with E-state index in [1.54, 1.807) is 25.3 Å². The third-order valence-corrected chi connectivity index (χ3v) is 13.2.